The molecular weight excluding hydrogens is 296 g/mol. The number of quaternary nitrogens is 1. The number of piperidine rings is 1. The molecule has 126 valence electrons. The van der Waals surface area contributed by atoms with Crippen LogP contribution in [-0.2, 0) is 0 Å². The van der Waals surface area contributed by atoms with E-state index in [2.05, 4.69) is 59.4 Å². The summed E-state index contributed by atoms with van der Waals surface area (Å²) >= 11 is 0. The summed E-state index contributed by atoms with van der Waals surface area (Å²) in [5.41, 5.74) is 4.93. The molecule has 0 aliphatic carbocycles. The average molecular weight is 323 g/mol. The van der Waals surface area contributed by atoms with Crippen molar-refractivity contribution < 1.29 is 0 Å². The van der Waals surface area contributed by atoms with Crippen molar-refractivity contribution >= 4 is 11.8 Å². The highest BCUT2D eigenvalue weighted by Crippen LogP contribution is 2.44. The predicted molar refractivity (Wildman–Crippen MR) is 99.2 cm³/mol. The van der Waals surface area contributed by atoms with E-state index in [1.54, 1.807) is 0 Å². The summed E-state index contributed by atoms with van der Waals surface area (Å²) in [5.74, 6) is 0. The highest BCUT2D eigenvalue weighted by Gasteiger charge is 2.42. The fraction of sp³-hybridized carbons (Fsp3) is 0.500. The van der Waals surface area contributed by atoms with Gasteiger partial charge in [0.2, 0.25) is 0 Å². The molecule has 4 heteroatoms. The van der Waals surface area contributed by atoms with Crippen molar-refractivity contribution in [3.8, 4) is 0 Å². The summed E-state index contributed by atoms with van der Waals surface area (Å²) in [6.45, 7) is 8.02. The van der Waals surface area contributed by atoms with Gasteiger partial charge in [0.15, 0.2) is 5.69 Å². The van der Waals surface area contributed by atoms with Crippen LogP contribution in [-0.4, -0.2) is 40.8 Å². The summed E-state index contributed by atoms with van der Waals surface area (Å²) in [5, 5.41) is 8.48. The second kappa shape index (κ2) is 6.26. The Bertz CT molecular complexity index is 718. The van der Waals surface area contributed by atoms with E-state index in [9.17, 15) is 0 Å². The van der Waals surface area contributed by atoms with Crippen LogP contribution in [0, 0.1) is 6.92 Å². The lowest BCUT2D eigenvalue weighted by Gasteiger charge is -2.36. The maximum absolute atomic E-state index is 4.33. The van der Waals surface area contributed by atoms with Crippen LogP contribution >= 0.6 is 0 Å². The molecule has 1 aromatic heterocycles. The Morgan fingerprint density at radius 2 is 2.21 bits per heavy atom. The summed E-state index contributed by atoms with van der Waals surface area (Å²) in [7, 11) is 0. The quantitative estimate of drug-likeness (QED) is 0.789. The van der Waals surface area contributed by atoms with E-state index in [0.717, 1.165) is 22.8 Å². The van der Waals surface area contributed by atoms with Crippen LogP contribution < -0.4 is 4.48 Å². The smallest absolute Gasteiger partial charge is 0.175 e. The van der Waals surface area contributed by atoms with E-state index in [1.807, 2.05) is 6.20 Å². The van der Waals surface area contributed by atoms with Gasteiger partial charge >= 0.3 is 0 Å². The maximum atomic E-state index is 4.33. The largest absolute Gasteiger partial charge is 0.300 e. The first-order valence-electron chi connectivity index (χ1n) is 9.23. The molecule has 3 aliphatic rings. The van der Waals surface area contributed by atoms with E-state index < -0.39 is 0 Å². The monoisotopic (exact) mass is 323 g/mol. The van der Waals surface area contributed by atoms with Crippen molar-refractivity contribution in [2.24, 2.45) is 0 Å². The van der Waals surface area contributed by atoms with E-state index in [0.29, 0.717) is 0 Å². The molecule has 4 nitrogen and oxygen atoms in total. The van der Waals surface area contributed by atoms with E-state index >= 15 is 0 Å². The lowest BCUT2D eigenvalue weighted by Crippen LogP contribution is -2.45. The van der Waals surface area contributed by atoms with Crippen molar-refractivity contribution in [2.45, 2.75) is 45.6 Å². The number of hydrogen-bond donors (Lipinski definition) is 0. The Balaban J connectivity index is 1.55. The number of allylic oxidation sites excluding steroid dienone is 3. The Morgan fingerprint density at radius 1 is 1.29 bits per heavy atom. The molecule has 0 N–H and O–H groups in total. The fourth-order valence-electron chi connectivity index (χ4n) is 4.54. The van der Waals surface area contributed by atoms with Gasteiger partial charge in [0.1, 0.15) is 17.6 Å². The van der Waals surface area contributed by atoms with Gasteiger partial charge in [-0.15, -0.1) is 5.10 Å². The van der Waals surface area contributed by atoms with Gasteiger partial charge in [-0.05, 0) is 39.3 Å². The molecule has 1 aromatic rings. The van der Waals surface area contributed by atoms with Gasteiger partial charge in [0.25, 0.3) is 0 Å². The van der Waals surface area contributed by atoms with Gasteiger partial charge in [-0.3, -0.25) is 0 Å². The highest BCUT2D eigenvalue weighted by molar-refractivity contribution is 5.80. The average Bonchev–Trinajstić information content (AvgIpc) is 2.92. The molecule has 4 heterocycles. The SMILES string of the molecule is Cc1nncc2c1[N+]1(CCCN3CCCCC3C)C=CC=CC1=C2. The second-order valence-corrected chi connectivity index (χ2v) is 7.33. The van der Waals surface area contributed by atoms with Crippen LogP contribution in [0.1, 0.15) is 43.9 Å². The zero-order chi connectivity index (χ0) is 16.6. The minimum atomic E-state index is 0.740. The highest BCUT2D eigenvalue weighted by atomic mass is 15.4. The third-order valence-corrected chi connectivity index (χ3v) is 5.80. The summed E-state index contributed by atoms with van der Waals surface area (Å²) < 4.78 is 0.815. The fourth-order valence-corrected chi connectivity index (χ4v) is 4.54. The minimum absolute atomic E-state index is 0.740. The number of aromatic nitrogens is 2. The third-order valence-electron chi connectivity index (χ3n) is 5.80. The molecule has 0 saturated carbocycles. The molecule has 2 unspecified atom stereocenters. The summed E-state index contributed by atoms with van der Waals surface area (Å²) in [6, 6.07) is 0.740. The third kappa shape index (κ3) is 2.54. The minimum Gasteiger partial charge on any atom is -0.300 e. The number of rotatable bonds is 4. The Hall–Kier alpha value is -1.78. The van der Waals surface area contributed by atoms with Crippen LogP contribution in [0.4, 0.5) is 5.69 Å². The molecular formula is C20H27N4+. The van der Waals surface area contributed by atoms with Crippen LogP contribution in [0.5, 0.6) is 0 Å². The summed E-state index contributed by atoms with van der Waals surface area (Å²) in [4.78, 5) is 2.67. The van der Waals surface area contributed by atoms with Crippen LogP contribution in [0.25, 0.3) is 6.08 Å². The first-order valence-corrected chi connectivity index (χ1v) is 9.23. The van der Waals surface area contributed by atoms with Gasteiger partial charge in [0, 0.05) is 31.2 Å². The first kappa shape index (κ1) is 15.7. The summed E-state index contributed by atoms with van der Waals surface area (Å²) in [6.07, 6.45) is 18.4. The molecule has 3 aliphatic heterocycles. The number of hydrogen-bond acceptors (Lipinski definition) is 3. The van der Waals surface area contributed by atoms with Gasteiger partial charge in [-0.25, -0.2) is 4.48 Å². The maximum Gasteiger partial charge on any atom is 0.175 e. The Morgan fingerprint density at radius 3 is 3.08 bits per heavy atom. The normalized spacial score (nSPS) is 28.6. The molecule has 0 bridgehead atoms. The second-order valence-electron chi connectivity index (χ2n) is 7.33. The molecule has 4 rings (SSSR count). The van der Waals surface area contributed by atoms with Crippen molar-refractivity contribution in [1.29, 1.82) is 0 Å². The molecule has 0 spiro atoms. The lowest BCUT2D eigenvalue weighted by atomic mass is 10.0. The Labute approximate surface area is 144 Å². The topological polar surface area (TPSA) is 29.0 Å². The number of nitrogens with zero attached hydrogens (tertiary/aromatic N) is 4. The molecule has 0 aromatic carbocycles. The van der Waals surface area contributed by atoms with Gasteiger partial charge < -0.3 is 4.90 Å². The van der Waals surface area contributed by atoms with E-state index in [4.69, 9.17) is 0 Å². The van der Waals surface area contributed by atoms with Crippen molar-refractivity contribution in [2.75, 3.05) is 19.6 Å². The van der Waals surface area contributed by atoms with Crippen LogP contribution in [0.2, 0.25) is 0 Å². The lowest BCUT2D eigenvalue weighted by molar-refractivity contribution is 0.156. The van der Waals surface area contributed by atoms with Gasteiger partial charge in [0.05, 0.1) is 18.3 Å². The number of likely N-dealkylation sites (tertiary alicyclic amines) is 1. The molecule has 2 atom stereocenters. The van der Waals surface area contributed by atoms with E-state index in [1.165, 1.54) is 55.7 Å². The van der Waals surface area contributed by atoms with Crippen molar-refractivity contribution in [3.63, 3.8) is 0 Å². The number of aryl methyl sites for hydroxylation is 1. The zero-order valence-corrected chi connectivity index (χ0v) is 14.8. The van der Waals surface area contributed by atoms with Crippen LogP contribution in [0.3, 0.4) is 0 Å². The molecule has 1 fully saturated rings. The van der Waals surface area contributed by atoms with E-state index in [-0.39, 0.29) is 0 Å². The number of fused-ring (bicyclic) bond motifs is 3. The Kier molecular flexibility index (Phi) is 4.10. The van der Waals surface area contributed by atoms with Crippen molar-refractivity contribution in [3.05, 3.63) is 47.6 Å². The standard InChI is InChI=1S/C20H27N4/c1-16-8-3-5-10-23(16)11-7-13-24-12-6-4-9-19(24)14-18-15-21-22-17(2)20(18)24/h4,6,9,12,14-16H,3,5,7-8,10-11,13H2,1-2H3/q+1. The predicted octanol–water partition coefficient (Wildman–Crippen LogP) is 3.79. The first-order chi connectivity index (χ1) is 11.7. The molecule has 1 saturated heterocycles. The zero-order valence-electron chi connectivity index (χ0n) is 14.8. The molecule has 0 radical (unpaired) electrons. The van der Waals surface area contributed by atoms with Gasteiger partial charge in [-0.2, -0.15) is 5.10 Å². The molecule has 24 heavy (non-hydrogen) atoms. The van der Waals surface area contributed by atoms with Crippen molar-refractivity contribution in [1.82, 2.24) is 19.6 Å². The van der Waals surface area contributed by atoms with Crippen LogP contribution in [0.15, 0.2) is 36.3 Å². The molecule has 0 amide bonds. The van der Waals surface area contributed by atoms with Gasteiger partial charge in [-0.1, -0.05) is 12.5 Å².